The Bertz CT molecular complexity index is 389. The van der Waals surface area contributed by atoms with E-state index in [1.54, 1.807) is 39.7 Å². The molecule has 112 valence electrons. The molecule has 0 aliphatic heterocycles. The highest BCUT2D eigenvalue weighted by atomic mass is 28.4. The molecule has 0 N–H and O–H groups in total. The minimum absolute atomic E-state index is 0.183. The second-order valence-corrected chi connectivity index (χ2v) is 7.21. The molecular weight excluding hydrogens is 278 g/mol. The van der Waals surface area contributed by atoms with Crippen LogP contribution in [0.1, 0.15) is 12.1 Å². The smallest absolute Gasteiger partial charge is 0.465 e. The molecule has 6 nitrogen and oxygen atoms in total. The van der Waals surface area contributed by atoms with Gasteiger partial charge in [-0.25, -0.2) is 0 Å². The van der Waals surface area contributed by atoms with Crippen LogP contribution < -0.4 is 0 Å². The van der Waals surface area contributed by atoms with Crippen LogP contribution in [0.3, 0.4) is 0 Å². The van der Waals surface area contributed by atoms with Crippen LogP contribution in [-0.2, 0) is 29.2 Å². The maximum absolute atomic E-state index is 11.6. The number of hydrogen-bond acceptors (Lipinski definition) is 6. The molecule has 0 aromatic carbocycles. The van der Waals surface area contributed by atoms with Crippen molar-refractivity contribution in [2.24, 2.45) is 0 Å². The van der Waals surface area contributed by atoms with E-state index in [0.717, 1.165) is 0 Å². The largest absolute Gasteiger partial charge is 0.500 e. The number of carbonyl (C=O) groups is 1. The van der Waals surface area contributed by atoms with Gasteiger partial charge in [0.1, 0.15) is 0 Å². The van der Waals surface area contributed by atoms with E-state index in [1.807, 2.05) is 6.07 Å². The zero-order valence-corrected chi connectivity index (χ0v) is 13.1. The molecule has 0 unspecified atom stereocenters. The van der Waals surface area contributed by atoms with Gasteiger partial charge in [-0.1, -0.05) is 6.07 Å². The highest BCUT2D eigenvalue weighted by Crippen LogP contribution is 2.14. The van der Waals surface area contributed by atoms with Gasteiger partial charge in [-0.05, 0) is 18.6 Å². The molecule has 0 radical (unpaired) electrons. The van der Waals surface area contributed by atoms with Crippen molar-refractivity contribution in [3.05, 3.63) is 30.1 Å². The molecule has 1 rings (SSSR count). The number of aromatic nitrogens is 1. The third kappa shape index (κ3) is 5.38. The number of esters is 1. The first-order valence-electron chi connectivity index (χ1n) is 6.37. The molecule has 0 saturated carbocycles. The number of carbonyl (C=O) groups excluding carboxylic acids is 1. The average molecular weight is 299 g/mol. The van der Waals surface area contributed by atoms with Crippen LogP contribution in [-0.4, -0.2) is 47.7 Å². The first-order valence-corrected chi connectivity index (χ1v) is 8.30. The van der Waals surface area contributed by atoms with Crippen LogP contribution in [0.2, 0.25) is 6.04 Å². The minimum Gasteiger partial charge on any atom is -0.465 e. The molecule has 0 aliphatic carbocycles. The first kappa shape index (κ1) is 16.8. The van der Waals surface area contributed by atoms with Gasteiger partial charge in [-0.15, -0.1) is 0 Å². The fourth-order valence-electron chi connectivity index (χ4n) is 1.73. The first-order chi connectivity index (χ1) is 9.65. The molecule has 0 spiro atoms. The second kappa shape index (κ2) is 8.80. The molecular formula is C13H21NO5Si. The molecule has 20 heavy (non-hydrogen) atoms. The Morgan fingerprint density at radius 1 is 1.20 bits per heavy atom. The molecule has 0 fully saturated rings. The van der Waals surface area contributed by atoms with Crippen molar-refractivity contribution in [1.82, 2.24) is 4.98 Å². The highest BCUT2D eigenvalue weighted by Gasteiger charge is 2.36. The maximum atomic E-state index is 11.6. The van der Waals surface area contributed by atoms with E-state index in [9.17, 15) is 4.79 Å². The maximum Gasteiger partial charge on any atom is 0.500 e. The summed E-state index contributed by atoms with van der Waals surface area (Å²) in [7, 11) is 2.12. The molecule has 0 atom stereocenters. The lowest BCUT2D eigenvalue weighted by Crippen LogP contribution is -2.42. The number of pyridine rings is 1. The molecule has 1 heterocycles. The van der Waals surface area contributed by atoms with E-state index in [-0.39, 0.29) is 12.4 Å². The summed E-state index contributed by atoms with van der Waals surface area (Å²) in [6.45, 7) is 0.316. The summed E-state index contributed by atoms with van der Waals surface area (Å²) in [4.78, 5) is 15.7. The van der Waals surface area contributed by atoms with Gasteiger partial charge >= 0.3 is 14.8 Å². The minimum atomic E-state index is -2.57. The Hall–Kier alpha value is -1.28. The highest BCUT2D eigenvalue weighted by molar-refractivity contribution is 6.60. The summed E-state index contributed by atoms with van der Waals surface area (Å²) in [5.41, 5.74) is 0.701. The molecule has 1 aromatic heterocycles. The van der Waals surface area contributed by atoms with Crippen LogP contribution in [0.4, 0.5) is 0 Å². The number of nitrogens with zero attached hydrogens (tertiary/aromatic N) is 1. The number of hydrogen-bond donors (Lipinski definition) is 0. The van der Waals surface area contributed by atoms with Crippen LogP contribution >= 0.6 is 0 Å². The van der Waals surface area contributed by atoms with Gasteiger partial charge in [0.25, 0.3) is 0 Å². The van der Waals surface area contributed by atoms with Gasteiger partial charge in [0.15, 0.2) is 0 Å². The average Bonchev–Trinajstić information content (AvgIpc) is 2.49. The van der Waals surface area contributed by atoms with Crippen molar-refractivity contribution in [3.8, 4) is 0 Å². The Kier molecular flexibility index (Phi) is 7.38. The molecule has 0 bridgehead atoms. The van der Waals surface area contributed by atoms with E-state index in [0.29, 0.717) is 24.8 Å². The van der Waals surface area contributed by atoms with Crippen LogP contribution in [0.25, 0.3) is 0 Å². The van der Waals surface area contributed by atoms with Crippen molar-refractivity contribution in [2.45, 2.75) is 18.9 Å². The fourth-order valence-corrected chi connectivity index (χ4v) is 3.42. The van der Waals surface area contributed by atoms with Crippen molar-refractivity contribution >= 4 is 14.8 Å². The normalized spacial score (nSPS) is 11.3. The molecule has 0 aliphatic rings. The van der Waals surface area contributed by atoms with Crippen molar-refractivity contribution < 1.29 is 22.8 Å². The monoisotopic (exact) mass is 299 g/mol. The van der Waals surface area contributed by atoms with E-state index >= 15 is 0 Å². The summed E-state index contributed by atoms with van der Waals surface area (Å²) in [6.07, 6.45) is 2.47. The van der Waals surface area contributed by atoms with E-state index in [1.165, 1.54) is 0 Å². The van der Waals surface area contributed by atoms with Crippen LogP contribution in [0.15, 0.2) is 24.4 Å². The van der Waals surface area contributed by atoms with Gasteiger partial charge in [-0.2, -0.15) is 0 Å². The van der Waals surface area contributed by atoms with Crippen molar-refractivity contribution in [1.29, 1.82) is 0 Å². The summed E-state index contributed by atoms with van der Waals surface area (Å²) in [5.74, 6) is -0.289. The fraction of sp³-hybridized carbons (Fsp3) is 0.538. The van der Waals surface area contributed by atoms with Crippen molar-refractivity contribution in [3.63, 3.8) is 0 Å². The van der Waals surface area contributed by atoms with Gasteiger partial charge < -0.3 is 18.0 Å². The Morgan fingerprint density at radius 3 is 2.45 bits per heavy atom. The lowest BCUT2D eigenvalue weighted by molar-refractivity contribution is -0.142. The van der Waals surface area contributed by atoms with Gasteiger partial charge in [0.05, 0.1) is 18.7 Å². The zero-order valence-electron chi connectivity index (χ0n) is 12.1. The third-order valence-electron chi connectivity index (χ3n) is 2.87. The van der Waals surface area contributed by atoms with E-state index in [2.05, 4.69) is 4.98 Å². The predicted molar refractivity (Wildman–Crippen MR) is 75.1 cm³/mol. The summed E-state index contributed by atoms with van der Waals surface area (Å²) in [6, 6.07) is 6.04. The number of rotatable bonds is 9. The molecule has 1 aromatic rings. The predicted octanol–water partition coefficient (Wildman–Crippen LogP) is 1.44. The molecule has 0 saturated heterocycles. The topological polar surface area (TPSA) is 66.9 Å². The van der Waals surface area contributed by atoms with E-state index < -0.39 is 8.80 Å². The van der Waals surface area contributed by atoms with Gasteiger partial charge in [0, 0.05) is 33.6 Å². The summed E-state index contributed by atoms with van der Waals surface area (Å²) >= 11 is 0. The lowest BCUT2D eigenvalue weighted by atomic mass is 10.3. The van der Waals surface area contributed by atoms with Gasteiger partial charge in [-0.3, -0.25) is 9.78 Å². The SMILES string of the molecule is CO[Si](CCCOC(=O)Cc1ccccn1)(OC)OC. The lowest BCUT2D eigenvalue weighted by Gasteiger charge is -2.24. The molecule has 0 amide bonds. The van der Waals surface area contributed by atoms with Crippen LogP contribution in [0.5, 0.6) is 0 Å². The van der Waals surface area contributed by atoms with Crippen molar-refractivity contribution in [2.75, 3.05) is 27.9 Å². The van der Waals surface area contributed by atoms with Gasteiger partial charge in [0.2, 0.25) is 0 Å². The summed E-state index contributed by atoms with van der Waals surface area (Å²) in [5, 5.41) is 0. The Morgan fingerprint density at radius 2 is 1.90 bits per heavy atom. The van der Waals surface area contributed by atoms with E-state index in [4.69, 9.17) is 18.0 Å². The number of ether oxygens (including phenoxy) is 1. The second-order valence-electron chi connectivity index (χ2n) is 4.12. The zero-order chi connectivity index (χ0) is 14.8. The quantitative estimate of drug-likeness (QED) is 0.390. The Balaban J connectivity index is 2.25. The summed E-state index contributed by atoms with van der Waals surface area (Å²) < 4.78 is 21.0. The standard InChI is InChI=1S/C13H21NO5Si/c1-16-20(17-2,18-3)10-6-9-19-13(15)11-12-7-4-5-8-14-12/h4-5,7-8H,6,9-11H2,1-3H3. The van der Waals surface area contributed by atoms with Crippen LogP contribution in [0, 0.1) is 0 Å². The molecule has 7 heteroatoms. The third-order valence-corrected chi connectivity index (χ3v) is 5.71. The Labute approximate surface area is 120 Å².